The lowest BCUT2D eigenvalue weighted by atomic mass is 9.84. The molecule has 7 heteroatoms. The molecule has 2 aliphatic rings. The van der Waals surface area contributed by atoms with Crippen LogP contribution in [0.3, 0.4) is 0 Å². The number of ketones is 1. The molecule has 1 fully saturated rings. The number of likely N-dealkylation sites (N-methyl/N-ethyl adjacent to an activating group) is 1. The van der Waals surface area contributed by atoms with Crippen LogP contribution in [0.4, 0.5) is 0 Å². The van der Waals surface area contributed by atoms with E-state index in [0.717, 1.165) is 44.0 Å². The number of hydrogen-bond acceptors (Lipinski definition) is 6. The number of piperazine rings is 1. The second-order valence-corrected chi connectivity index (χ2v) is 8.36. The molecule has 1 aromatic carbocycles. The molecule has 0 N–H and O–H groups in total. The number of allylic oxidation sites excluding steroid dienone is 2. The van der Waals surface area contributed by atoms with Crippen LogP contribution in [0.5, 0.6) is 5.75 Å². The van der Waals surface area contributed by atoms with Gasteiger partial charge >= 0.3 is 0 Å². The summed E-state index contributed by atoms with van der Waals surface area (Å²) >= 11 is 0. The Balaban J connectivity index is 1.70. The molecule has 7 nitrogen and oxygen atoms in total. The van der Waals surface area contributed by atoms with Crippen LogP contribution in [0.1, 0.15) is 31.2 Å². The molecule has 1 saturated heterocycles. The molecule has 2 aromatic rings. The van der Waals surface area contributed by atoms with Crippen molar-refractivity contribution in [1.82, 2.24) is 14.7 Å². The van der Waals surface area contributed by atoms with Crippen LogP contribution in [0, 0.1) is 5.92 Å². The van der Waals surface area contributed by atoms with E-state index in [2.05, 4.69) is 16.7 Å². The largest absolute Gasteiger partial charge is 0.497 e. The summed E-state index contributed by atoms with van der Waals surface area (Å²) in [7, 11) is 1.63. The predicted octanol–water partition coefficient (Wildman–Crippen LogP) is 3.10. The standard InChI is InChI=1S/C25H31N3O4/c1-4-26-10-12-27(13-11-26)24(19-7-5-8-20(16-19)31-3)23-22(29)15-18(2)28(25(23)30)17-21-9-6-14-32-21/h5-9,14-16,23-24H,4,10-13,17H2,1-3H3. The van der Waals surface area contributed by atoms with Crippen molar-refractivity contribution in [3.8, 4) is 5.75 Å². The van der Waals surface area contributed by atoms with Crippen molar-refractivity contribution < 1.29 is 18.7 Å². The van der Waals surface area contributed by atoms with Crippen molar-refractivity contribution in [3.63, 3.8) is 0 Å². The van der Waals surface area contributed by atoms with Gasteiger partial charge in [0.2, 0.25) is 5.91 Å². The highest BCUT2D eigenvalue weighted by atomic mass is 16.5. The lowest BCUT2D eigenvalue weighted by Crippen LogP contribution is -2.53. The highest BCUT2D eigenvalue weighted by Gasteiger charge is 2.44. The number of nitrogens with zero attached hydrogens (tertiary/aromatic N) is 3. The molecule has 32 heavy (non-hydrogen) atoms. The highest BCUT2D eigenvalue weighted by Crippen LogP contribution is 2.37. The Morgan fingerprint density at radius 2 is 1.91 bits per heavy atom. The minimum atomic E-state index is -0.811. The van der Waals surface area contributed by atoms with E-state index in [0.29, 0.717) is 18.0 Å². The fourth-order valence-electron chi connectivity index (χ4n) is 4.69. The summed E-state index contributed by atoms with van der Waals surface area (Å²) in [6.07, 6.45) is 3.20. The number of carbonyl (C=O) groups is 2. The van der Waals surface area contributed by atoms with Gasteiger partial charge in [-0.05, 0) is 43.3 Å². The van der Waals surface area contributed by atoms with Crippen molar-refractivity contribution in [2.24, 2.45) is 5.92 Å². The van der Waals surface area contributed by atoms with Gasteiger partial charge < -0.3 is 19.0 Å². The molecule has 2 aliphatic heterocycles. The molecule has 3 heterocycles. The maximum Gasteiger partial charge on any atom is 0.240 e. The van der Waals surface area contributed by atoms with Crippen LogP contribution in [0.15, 0.2) is 58.9 Å². The Hall–Kier alpha value is -2.90. The van der Waals surface area contributed by atoms with E-state index in [4.69, 9.17) is 9.15 Å². The summed E-state index contributed by atoms with van der Waals surface area (Å²) in [5.41, 5.74) is 1.57. The van der Waals surface area contributed by atoms with Crippen LogP contribution in [-0.2, 0) is 16.1 Å². The Bertz CT molecular complexity index is 977. The van der Waals surface area contributed by atoms with Crippen molar-refractivity contribution in [1.29, 1.82) is 0 Å². The maximum absolute atomic E-state index is 13.8. The lowest BCUT2D eigenvalue weighted by molar-refractivity contribution is -0.144. The third-order valence-electron chi connectivity index (χ3n) is 6.51. The fraction of sp³-hybridized carbons (Fsp3) is 0.440. The summed E-state index contributed by atoms with van der Waals surface area (Å²) in [5, 5.41) is 0. The second-order valence-electron chi connectivity index (χ2n) is 8.36. The number of furan rings is 1. The first-order chi connectivity index (χ1) is 15.5. The molecule has 0 bridgehead atoms. The molecular weight excluding hydrogens is 406 g/mol. The monoisotopic (exact) mass is 437 g/mol. The minimum Gasteiger partial charge on any atom is -0.497 e. The molecule has 1 aromatic heterocycles. The number of hydrogen-bond donors (Lipinski definition) is 0. The Morgan fingerprint density at radius 3 is 2.56 bits per heavy atom. The average molecular weight is 438 g/mol. The number of methoxy groups -OCH3 is 1. The minimum absolute atomic E-state index is 0.145. The molecular formula is C25H31N3O4. The van der Waals surface area contributed by atoms with Gasteiger partial charge in [-0.2, -0.15) is 0 Å². The van der Waals surface area contributed by atoms with E-state index < -0.39 is 5.92 Å². The van der Waals surface area contributed by atoms with Gasteiger partial charge in [0.25, 0.3) is 0 Å². The molecule has 0 aliphatic carbocycles. The SMILES string of the molecule is CCN1CCN(C(c2cccc(OC)c2)C2C(=O)C=C(C)N(Cc3ccco3)C2=O)CC1. The van der Waals surface area contributed by atoms with Gasteiger partial charge in [-0.1, -0.05) is 19.1 Å². The van der Waals surface area contributed by atoms with Crippen molar-refractivity contribution in [2.75, 3.05) is 39.8 Å². The van der Waals surface area contributed by atoms with E-state index in [1.165, 1.54) is 0 Å². The molecule has 4 rings (SSSR count). The third kappa shape index (κ3) is 4.49. The summed E-state index contributed by atoms with van der Waals surface area (Å²) in [5.74, 6) is 0.267. The van der Waals surface area contributed by atoms with Crippen LogP contribution in [0.2, 0.25) is 0 Å². The van der Waals surface area contributed by atoms with Crippen molar-refractivity contribution in [3.05, 3.63) is 65.8 Å². The van der Waals surface area contributed by atoms with Gasteiger partial charge in [-0.3, -0.25) is 14.5 Å². The van der Waals surface area contributed by atoms with E-state index in [1.54, 1.807) is 37.3 Å². The lowest BCUT2D eigenvalue weighted by Gasteiger charge is -2.43. The zero-order valence-corrected chi connectivity index (χ0v) is 19.0. The zero-order valence-electron chi connectivity index (χ0n) is 19.0. The Morgan fingerprint density at radius 1 is 1.12 bits per heavy atom. The van der Waals surface area contributed by atoms with E-state index in [9.17, 15) is 9.59 Å². The first-order valence-electron chi connectivity index (χ1n) is 11.2. The van der Waals surface area contributed by atoms with Crippen LogP contribution in [-0.4, -0.2) is 66.2 Å². The van der Waals surface area contributed by atoms with E-state index >= 15 is 0 Å². The summed E-state index contributed by atoms with van der Waals surface area (Å²) < 4.78 is 10.9. The number of rotatable bonds is 7. The molecule has 1 amide bonds. The molecule has 2 unspecified atom stereocenters. The molecule has 170 valence electrons. The van der Waals surface area contributed by atoms with Gasteiger partial charge in [0, 0.05) is 38.0 Å². The van der Waals surface area contributed by atoms with Crippen LogP contribution < -0.4 is 4.74 Å². The number of amides is 1. The van der Waals surface area contributed by atoms with Crippen molar-refractivity contribution in [2.45, 2.75) is 26.4 Å². The molecule has 0 spiro atoms. The molecule has 0 radical (unpaired) electrons. The van der Waals surface area contributed by atoms with Gasteiger partial charge in [0.05, 0.1) is 26.0 Å². The Labute approximate surface area is 189 Å². The van der Waals surface area contributed by atoms with Gasteiger partial charge in [0.15, 0.2) is 5.78 Å². The molecule has 0 saturated carbocycles. The quantitative estimate of drug-likeness (QED) is 0.620. The van der Waals surface area contributed by atoms with E-state index in [1.807, 2.05) is 30.3 Å². The van der Waals surface area contributed by atoms with Gasteiger partial charge in [-0.25, -0.2) is 0 Å². The third-order valence-corrected chi connectivity index (χ3v) is 6.51. The van der Waals surface area contributed by atoms with E-state index in [-0.39, 0.29) is 17.7 Å². The van der Waals surface area contributed by atoms with Crippen LogP contribution >= 0.6 is 0 Å². The maximum atomic E-state index is 13.8. The summed E-state index contributed by atoms with van der Waals surface area (Å²) in [6.45, 7) is 8.69. The Kier molecular flexibility index (Phi) is 6.77. The van der Waals surface area contributed by atoms with Crippen LogP contribution in [0.25, 0.3) is 0 Å². The first kappa shape index (κ1) is 22.3. The average Bonchev–Trinajstić information content (AvgIpc) is 3.33. The summed E-state index contributed by atoms with van der Waals surface area (Å²) in [6, 6.07) is 11.0. The first-order valence-corrected chi connectivity index (χ1v) is 11.2. The number of carbonyl (C=O) groups excluding carboxylic acids is 2. The smallest absolute Gasteiger partial charge is 0.240 e. The highest BCUT2D eigenvalue weighted by molar-refractivity contribution is 6.10. The normalized spacial score (nSPS) is 21.5. The second kappa shape index (κ2) is 9.71. The topological polar surface area (TPSA) is 66.2 Å². The fourth-order valence-corrected chi connectivity index (χ4v) is 4.69. The number of ether oxygens (including phenoxy) is 1. The zero-order chi connectivity index (χ0) is 22.7. The number of benzene rings is 1. The van der Waals surface area contributed by atoms with Crippen molar-refractivity contribution >= 4 is 11.7 Å². The predicted molar refractivity (Wildman–Crippen MR) is 121 cm³/mol. The van der Waals surface area contributed by atoms with Gasteiger partial charge in [-0.15, -0.1) is 0 Å². The molecule has 2 atom stereocenters. The van der Waals surface area contributed by atoms with Gasteiger partial charge in [0.1, 0.15) is 17.4 Å². The summed E-state index contributed by atoms with van der Waals surface area (Å²) in [4.78, 5) is 33.4.